The zero-order chi connectivity index (χ0) is 13.4. The van der Waals surface area contributed by atoms with Crippen LogP contribution in [0.4, 0.5) is 5.82 Å². The third-order valence-electron chi connectivity index (χ3n) is 2.42. The van der Waals surface area contributed by atoms with Crippen LogP contribution in [0.3, 0.4) is 0 Å². The Labute approximate surface area is 108 Å². The van der Waals surface area contributed by atoms with Crippen molar-refractivity contribution in [2.75, 3.05) is 25.6 Å². The molecule has 1 unspecified atom stereocenters. The lowest BCUT2D eigenvalue weighted by atomic mass is 10.2. The monoisotopic (exact) mass is 252 g/mol. The number of hydrogen-bond donors (Lipinski definition) is 1. The maximum atomic E-state index is 11.4. The van der Waals surface area contributed by atoms with Crippen LogP contribution in [0.25, 0.3) is 0 Å². The molecule has 0 aliphatic heterocycles. The van der Waals surface area contributed by atoms with Gasteiger partial charge < -0.3 is 14.8 Å². The highest BCUT2D eigenvalue weighted by Gasteiger charge is 2.07. The van der Waals surface area contributed by atoms with E-state index in [1.54, 1.807) is 26.2 Å². The van der Waals surface area contributed by atoms with E-state index >= 15 is 0 Å². The van der Waals surface area contributed by atoms with E-state index in [4.69, 9.17) is 9.47 Å². The summed E-state index contributed by atoms with van der Waals surface area (Å²) in [5, 5.41) is 3.23. The number of carbonyl (C=O) groups is 1. The lowest BCUT2D eigenvalue weighted by molar-refractivity contribution is 0.0526. The van der Waals surface area contributed by atoms with Gasteiger partial charge in [-0.15, -0.1) is 0 Å². The molecule has 0 saturated carbocycles. The summed E-state index contributed by atoms with van der Waals surface area (Å²) < 4.78 is 9.89. The Balaban J connectivity index is 2.52. The van der Waals surface area contributed by atoms with Gasteiger partial charge in [0.25, 0.3) is 0 Å². The Morgan fingerprint density at radius 3 is 2.83 bits per heavy atom. The number of ether oxygens (including phenoxy) is 2. The van der Waals surface area contributed by atoms with Crippen molar-refractivity contribution in [3.05, 3.63) is 23.9 Å². The zero-order valence-corrected chi connectivity index (χ0v) is 11.1. The molecule has 0 aliphatic carbocycles. The van der Waals surface area contributed by atoms with Crippen molar-refractivity contribution >= 4 is 11.8 Å². The summed E-state index contributed by atoms with van der Waals surface area (Å²) in [6.45, 7) is 4.90. The molecular formula is C13H20N2O3. The predicted octanol–water partition coefficient (Wildman–Crippen LogP) is 2.10. The molecule has 0 aliphatic rings. The first-order valence-electron chi connectivity index (χ1n) is 6.06. The summed E-state index contributed by atoms with van der Waals surface area (Å²) in [4.78, 5) is 15.6. The SMILES string of the molecule is CCOC(=O)c1ccc(NC(C)CCOC)nc1. The lowest BCUT2D eigenvalue weighted by Crippen LogP contribution is -2.18. The molecule has 1 aromatic rings. The molecule has 0 amide bonds. The summed E-state index contributed by atoms with van der Waals surface area (Å²) in [6.07, 6.45) is 2.42. The second-order valence-corrected chi connectivity index (χ2v) is 3.98. The zero-order valence-electron chi connectivity index (χ0n) is 11.1. The van der Waals surface area contributed by atoms with Crippen LogP contribution in [0.5, 0.6) is 0 Å². The van der Waals surface area contributed by atoms with Crippen molar-refractivity contribution in [3.8, 4) is 0 Å². The summed E-state index contributed by atoms with van der Waals surface area (Å²) in [7, 11) is 1.68. The summed E-state index contributed by atoms with van der Waals surface area (Å²) in [6, 6.07) is 3.75. The number of esters is 1. The number of nitrogens with one attached hydrogen (secondary N) is 1. The molecule has 1 atom stereocenters. The van der Waals surface area contributed by atoms with Crippen LogP contribution in [0.15, 0.2) is 18.3 Å². The summed E-state index contributed by atoms with van der Waals surface area (Å²) in [5.41, 5.74) is 0.465. The van der Waals surface area contributed by atoms with E-state index in [2.05, 4.69) is 17.2 Å². The Hall–Kier alpha value is -1.62. The van der Waals surface area contributed by atoms with Crippen LogP contribution in [-0.4, -0.2) is 37.3 Å². The summed E-state index contributed by atoms with van der Waals surface area (Å²) in [5.74, 6) is 0.399. The molecule has 0 fully saturated rings. The Morgan fingerprint density at radius 1 is 1.50 bits per heavy atom. The summed E-state index contributed by atoms with van der Waals surface area (Å²) >= 11 is 0. The number of carbonyl (C=O) groups excluding carboxylic acids is 1. The van der Waals surface area contributed by atoms with Crippen molar-refractivity contribution in [1.82, 2.24) is 4.98 Å². The predicted molar refractivity (Wildman–Crippen MR) is 69.8 cm³/mol. The van der Waals surface area contributed by atoms with E-state index in [0.29, 0.717) is 18.8 Å². The van der Waals surface area contributed by atoms with Gasteiger partial charge in [0.2, 0.25) is 0 Å². The molecule has 0 radical (unpaired) electrons. The van der Waals surface area contributed by atoms with E-state index in [9.17, 15) is 4.79 Å². The Kier molecular flexibility index (Phi) is 6.14. The van der Waals surface area contributed by atoms with Gasteiger partial charge in [-0.25, -0.2) is 9.78 Å². The molecule has 1 rings (SSSR count). The molecule has 100 valence electrons. The van der Waals surface area contributed by atoms with E-state index in [1.807, 2.05) is 0 Å². The van der Waals surface area contributed by atoms with Gasteiger partial charge in [-0.05, 0) is 32.4 Å². The van der Waals surface area contributed by atoms with Crippen LogP contribution in [0.2, 0.25) is 0 Å². The highest BCUT2D eigenvalue weighted by Crippen LogP contribution is 2.09. The Bertz CT molecular complexity index is 365. The largest absolute Gasteiger partial charge is 0.462 e. The average Bonchev–Trinajstić information content (AvgIpc) is 2.37. The lowest BCUT2D eigenvalue weighted by Gasteiger charge is -2.13. The van der Waals surface area contributed by atoms with Gasteiger partial charge >= 0.3 is 5.97 Å². The highest BCUT2D eigenvalue weighted by molar-refractivity contribution is 5.89. The molecule has 1 aromatic heterocycles. The first-order valence-corrected chi connectivity index (χ1v) is 6.06. The molecule has 0 saturated heterocycles. The highest BCUT2D eigenvalue weighted by atomic mass is 16.5. The maximum absolute atomic E-state index is 11.4. The van der Waals surface area contributed by atoms with Gasteiger partial charge in [0, 0.05) is 26.0 Å². The second kappa shape index (κ2) is 7.66. The molecule has 0 spiro atoms. The van der Waals surface area contributed by atoms with Gasteiger partial charge in [-0.1, -0.05) is 0 Å². The van der Waals surface area contributed by atoms with Crippen molar-refractivity contribution in [1.29, 1.82) is 0 Å². The van der Waals surface area contributed by atoms with Crippen molar-refractivity contribution in [2.24, 2.45) is 0 Å². The number of anilines is 1. The van der Waals surface area contributed by atoms with Crippen LogP contribution >= 0.6 is 0 Å². The molecule has 18 heavy (non-hydrogen) atoms. The van der Waals surface area contributed by atoms with E-state index in [0.717, 1.165) is 12.2 Å². The third-order valence-corrected chi connectivity index (χ3v) is 2.42. The minimum Gasteiger partial charge on any atom is -0.462 e. The second-order valence-electron chi connectivity index (χ2n) is 3.98. The van der Waals surface area contributed by atoms with Gasteiger partial charge in [0.05, 0.1) is 12.2 Å². The maximum Gasteiger partial charge on any atom is 0.339 e. The normalized spacial score (nSPS) is 11.9. The smallest absolute Gasteiger partial charge is 0.339 e. The minimum absolute atomic E-state index is 0.269. The fourth-order valence-corrected chi connectivity index (χ4v) is 1.43. The number of hydrogen-bond acceptors (Lipinski definition) is 5. The number of methoxy groups -OCH3 is 1. The molecule has 1 N–H and O–H groups in total. The quantitative estimate of drug-likeness (QED) is 0.753. The molecule has 5 heteroatoms. The molecule has 1 heterocycles. The van der Waals surface area contributed by atoms with Crippen molar-refractivity contribution in [3.63, 3.8) is 0 Å². The van der Waals surface area contributed by atoms with Gasteiger partial charge in [0.15, 0.2) is 0 Å². The van der Waals surface area contributed by atoms with Crippen LogP contribution in [0, 0.1) is 0 Å². The first kappa shape index (κ1) is 14.4. The topological polar surface area (TPSA) is 60.5 Å². The Morgan fingerprint density at radius 2 is 2.28 bits per heavy atom. The number of pyridine rings is 1. The number of aromatic nitrogens is 1. The van der Waals surface area contributed by atoms with Gasteiger partial charge in [0.1, 0.15) is 5.82 Å². The van der Waals surface area contributed by atoms with E-state index < -0.39 is 0 Å². The molecular weight excluding hydrogens is 232 g/mol. The van der Waals surface area contributed by atoms with Crippen LogP contribution in [0.1, 0.15) is 30.6 Å². The molecule has 0 bridgehead atoms. The number of rotatable bonds is 7. The third kappa shape index (κ3) is 4.71. The van der Waals surface area contributed by atoms with Crippen molar-refractivity contribution in [2.45, 2.75) is 26.3 Å². The van der Waals surface area contributed by atoms with Crippen molar-refractivity contribution < 1.29 is 14.3 Å². The fraction of sp³-hybridized carbons (Fsp3) is 0.538. The fourth-order valence-electron chi connectivity index (χ4n) is 1.43. The van der Waals surface area contributed by atoms with Gasteiger partial charge in [-0.3, -0.25) is 0 Å². The van der Waals surface area contributed by atoms with Crippen LogP contribution < -0.4 is 5.32 Å². The van der Waals surface area contributed by atoms with Gasteiger partial charge in [-0.2, -0.15) is 0 Å². The number of nitrogens with zero attached hydrogens (tertiary/aromatic N) is 1. The van der Waals surface area contributed by atoms with Crippen LogP contribution in [-0.2, 0) is 9.47 Å². The average molecular weight is 252 g/mol. The van der Waals surface area contributed by atoms with E-state index in [1.165, 1.54) is 6.20 Å². The molecule has 0 aromatic carbocycles. The minimum atomic E-state index is -0.344. The molecule has 5 nitrogen and oxygen atoms in total. The van der Waals surface area contributed by atoms with E-state index in [-0.39, 0.29) is 12.0 Å². The first-order chi connectivity index (χ1) is 8.67. The standard InChI is InChI=1S/C13H20N2O3/c1-4-18-13(16)11-5-6-12(14-9-11)15-10(2)7-8-17-3/h5-6,9-10H,4,7-8H2,1-3H3,(H,14,15).